The highest BCUT2D eigenvalue weighted by Crippen LogP contribution is 2.57. The summed E-state index contributed by atoms with van der Waals surface area (Å²) in [5.41, 5.74) is -1.64. The number of carbonyl (C=O) groups excluding carboxylic acids is 1. The van der Waals surface area contributed by atoms with Crippen molar-refractivity contribution < 1.29 is 23.1 Å². The maximum Gasteiger partial charge on any atom is 0.394 e. The van der Waals surface area contributed by atoms with Gasteiger partial charge in [-0.2, -0.15) is 13.2 Å². The number of fused-ring (bicyclic) bond motifs is 4. The SMILES string of the molecule is CC(C(=O)N1c2nc3ccc(C(C)(C)O)cc3n2C12CCC2)C(C)(C)C(F)(F)F. The molecule has 1 atom stereocenters. The number of amides is 1. The van der Waals surface area contributed by atoms with Crippen LogP contribution in [0.5, 0.6) is 0 Å². The molecule has 1 amide bonds. The van der Waals surface area contributed by atoms with Gasteiger partial charge in [0.05, 0.1) is 22.0 Å². The molecule has 158 valence electrons. The number of rotatable bonds is 3. The van der Waals surface area contributed by atoms with Crippen molar-refractivity contribution in [2.24, 2.45) is 11.3 Å². The smallest absolute Gasteiger partial charge is 0.386 e. The van der Waals surface area contributed by atoms with E-state index in [1.54, 1.807) is 26.0 Å². The van der Waals surface area contributed by atoms with Gasteiger partial charge in [-0.25, -0.2) is 4.98 Å². The van der Waals surface area contributed by atoms with E-state index in [2.05, 4.69) is 4.98 Å². The van der Waals surface area contributed by atoms with Gasteiger partial charge in [0.2, 0.25) is 11.9 Å². The average Bonchev–Trinajstić information content (AvgIpc) is 2.85. The van der Waals surface area contributed by atoms with Crippen molar-refractivity contribution in [1.82, 2.24) is 9.55 Å². The summed E-state index contributed by atoms with van der Waals surface area (Å²) in [6.07, 6.45) is -2.22. The first-order chi connectivity index (χ1) is 13.2. The Kier molecular flexibility index (Phi) is 4.00. The zero-order chi connectivity index (χ0) is 21.6. The number of hydrogen-bond acceptors (Lipinski definition) is 3. The van der Waals surface area contributed by atoms with Crippen molar-refractivity contribution in [3.8, 4) is 0 Å². The van der Waals surface area contributed by atoms with Gasteiger partial charge in [-0.15, -0.1) is 0 Å². The Balaban J connectivity index is 1.79. The van der Waals surface area contributed by atoms with Crippen LogP contribution in [0.4, 0.5) is 19.1 Å². The van der Waals surface area contributed by atoms with Crippen molar-refractivity contribution in [3.63, 3.8) is 0 Å². The van der Waals surface area contributed by atoms with E-state index in [9.17, 15) is 23.1 Å². The number of aromatic nitrogens is 2. The van der Waals surface area contributed by atoms with E-state index in [4.69, 9.17) is 0 Å². The third-order valence-electron chi connectivity index (χ3n) is 6.93. The molecule has 0 bridgehead atoms. The number of halogens is 3. The lowest BCUT2D eigenvalue weighted by Gasteiger charge is -2.59. The van der Waals surface area contributed by atoms with E-state index in [0.717, 1.165) is 31.3 Å². The van der Waals surface area contributed by atoms with Crippen LogP contribution in [-0.2, 0) is 16.1 Å². The van der Waals surface area contributed by atoms with Crippen molar-refractivity contribution in [2.45, 2.75) is 71.3 Å². The van der Waals surface area contributed by atoms with Gasteiger partial charge in [-0.3, -0.25) is 14.3 Å². The van der Waals surface area contributed by atoms with Crippen molar-refractivity contribution in [1.29, 1.82) is 0 Å². The summed E-state index contributed by atoms with van der Waals surface area (Å²) in [5.74, 6) is -1.39. The summed E-state index contributed by atoms with van der Waals surface area (Å²) < 4.78 is 42.5. The lowest BCUT2D eigenvalue weighted by molar-refractivity contribution is -0.227. The monoisotopic (exact) mass is 409 g/mol. The van der Waals surface area contributed by atoms with Gasteiger partial charge in [0, 0.05) is 5.92 Å². The molecule has 1 aromatic carbocycles. The second-order valence-corrected chi connectivity index (χ2v) is 9.46. The van der Waals surface area contributed by atoms with Gasteiger partial charge < -0.3 is 5.11 Å². The van der Waals surface area contributed by atoms with Crippen molar-refractivity contribution >= 4 is 22.9 Å². The summed E-state index contributed by atoms with van der Waals surface area (Å²) in [6, 6.07) is 5.42. The van der Waals surface area contributed by atoms with Crippen LogP contribution >= 0.6 is 0 Å². The van der Waals surface area contributed by atoms with Crippen LogP contribution in [0.3, 0.4) is 0 Å². The van der Waals surface area contributed by atoms with E-state index in [-0.39, 0.29) is 0 Å². The molecule has 1 unspecified atom stereocenters. The number of nitrogens with zero attached hydrogens (tertiary/aromatic N) is 3. The average molecular weight is 409 g/mol. The Labute approximate surface area is 167 Å². The Morgan fingerprint density at radius 3 is 2.31 bits per heavy atom. The molecule has 4 rings (SSSR count). The number of benzene rings is 1. The minimum Gasteiger partial charge on any atom is -0.386 e. The summed E-state index contributed by atoms with van der Waals surface area (Å²) in [6.45, 7) is 6.87. The highest BCUT2D eigenvalue weighted by molar-refractivity contribution is 6.00. The Morgan fingerprint density at radius 2 is 1.83 bits per heavy atom. The maximum absolute atomic E-state index is 13.5. The van der Waals surface area contributed by atoms with E-state index in [0.29, 0.717) is 24.3 Å². The molecule has 2 heterocycles. The van der Waals surface area contributed by atoms with Gasteiger partial charge >= 0.3 is 6.18 Å². The van der Waals surface area contributed by atoms with Crippen LogP contribution in [0.15, 0.2) is 18.2 Å². The molecule has 2 aromatic rings. The first-order valence-electron chi connectivity index (χ1n) is 9.88. The van der Waals surface area contributed by atoms with Crippen molar-refractivity contribution in [3.05, 3.63) is 23.8 Å². The normalized spacial score (nSPS) is 19.7. The van der Waals surface area contributed by atoms with E-state index in [1.165, 1.54) is 11.8 Å². The van der Waals surface area contributed by atoms with Gasteiger partial charge in [-0.1, -0.05) is 26.8 Å². The highest BCUT2D eigenvalue weighted by atomic mass is 19.4. The number of alkyl halides is 3. The second-order valence-electron chi connectivity index (χ2n) is 9.46. The molecular weight excluding hydrogens is 383 g/mol. The van der Waals surface area contributed by atoms with Gasteiger partial charge in [0.25, 0.3) is 0 Å². The number of aliphatic hydroxyl groups is 1. The van der Waals surface area contributed by atoms with E-state index in [1.807, 2.05) is 10.6 Å². The quantitative estimate of drug-likeness (QED) is 0.801. The van der Waals surface area contributed by atoms with Crippen molar-refractivity contribution in [2.75, 3.05) is 4.90 Å². The third kappa shape index (κ3) is 2.57. The minimum absolute atomic E-state index is 0.391. The van der Waals surface area contributed by atoms with Crippen LogP contribution in [0.25, 0.3) is 11.0 Å². The van der Waals surface area contributed by atoms with E-state index >= 15 is 0 Å². The number of hydrogen-bond donors (Lipinski definition) is 1. The molecule has 29 heavy (non-hydrogen) atoms. The van der Waals surface area contributed by atoms with Gasteiger partial charge in [-0.05, 0) is 50.8 Å². The molecule has 1 N–H and O–H groups in total. The predicted octanol–water partition coefficient (Wildman–Crippen LogP) is 4.67. The van der Waals surface area contributed by atoms with Crippen LogP contribution in [0.2, 0.25) is 0 Å². The Hall–Kier alpha value is -2.09. The largest absolute Gasteiger partial charge is 0.394 e. The zero-order valence-corrected chi connectivity index (χ0v) is 17.3. The first kappa shape index (κ1) is 20.2. The molecule has 5 nitrogen and oxygen atoms in total. The molecule has 1 aromatic heterocycles. The lowest BCUT2D eigenvalue weighted by Crippen LogP contribution is -2.68. The maximum atomic E-state index is 13.5. The molecule has 2 aliphatic rings. The molecule has 1 aliphatic heterocycles. The zero-order valence-electron chi connectivity index (χ0n) is 17.3. The van der Waals surface area contributed by atoms with Gasteiger partial charge in [0.15, 0.2) is 0 Å². The fourth-order valence-corrected chi connectivity index (χ4v) is 4.24. The molecule has 0 radical (unpaired) electrons. The molecule has 0 saturated heterocycles. The van der Waals surface area contributed by atoms with Crippen LogP contribution in [-0.4, -0.2) is 26.7 Å². The topological polar surface area (TPSA) is 58.4 Å². The molecule has 1 spiro atoms. The third-order valence-corrected chi connectivity index (χ3v) is 6.93. The number of imidazole rings is 1. The molecule has 1 fully saturated rings. The number of carbonyl (C=O) groups is 1. The first-order valence-corrected chi connectivity index (χ1v) is 9.88. The minimum atomic E-state index is -4.48. The fraction of sp³-hybridized carbons (Fsp3) is 0.619. The number of anilines is 1. The van der Waals surface area contributed by atoms with E-state index < -0.39 is 34.7 Å². The molecule has 1 saturated carbocycles. The second kappa shape index (κ2) is 5.74. The van der Waals surface area contributed by atoms with Crippen LogP contribution in [0, 0.1) is 11.3 Å². The summed E-state index contributed by atoms with van der Waals surface area (Å²) in [4.78, 5) is 19.2. The summed E-state index contributed by atoms with van der Waals surface area (Å²) in [5, 5.41) is 10.3. The molecular formula is C21H26F3N3O2. The Morgan fingerprint density at radius 1 is 1.21 bits per heavy atom. The predicted molar refractivity (Wildman–Crippen MR) is 103 cm³/mol. The van der Waals surface area contributed by atoms with Crippen LogP contribution in [0.1, 0.15) is 59.4 Å². The lowest BCUT2D eigenvalue weighted by atomic mass is 9.75. The Bertz CT molecular complexity index is 997. The molecule has 8 heteroatoms. The summed E-state index contributed by atoms with van der Waals surface area (Å²) in [7, 11) is 0. The van der Waals surface area contributed by atoms with Crippen LogP contribution < -0.4 is 4.90 Å². The molecule has 1 aliphatic carbocycles. The fourth-order valence-electron chi connectivity index (χ4n) is 4.24. The highest BCUT2D eigenvalue weighted by Gasteiger charge is 2.62. The standard InChI is InChI=1S/C21H26F3N3O2/c1-12(18(2,3)21(22,23)24)16(28)27-17-25-14-8-7-13(19(4,5)29)11-15(14)26(17)20(27)9-6-10-20/h7-8,11-12,29H,6,9-10H2,1-5H3. The summed E-state index contributed by atoms with van der Waals surface area (Å²) >= 11 is 0. The van der Waals surface area contributed by atoms with Gasteiger partial charge in [0.1, 0.15) is 5.66 Å².